The van der Waals surface area contributed by atoms with Crippen molar-refractivity contribution in [3.05, 3.63) is 27.2 Å². The summed E-state index contributed by atoms with van der Waals surface area (Å²) in [4.78, 5) is 14.4. The molecule has 0 spiro atoms. The Kier molecular flexibility index (Phi) is 6.84. The molecular formula is C15H19Cl4N3O. The first-order chi connectivity index (χ1) is 10.5. The van der Waals surface area contributed by atoms with E-state index in [-0.39, 0.29) is 18.3 Å². The van der Waals surface area contributed by atoms with Gasteiger partial charge in [-0.1, -0.05) is 34.8 Å². The van der Waals surface area contributed by atoms with E-state index in [0.29, 0.717) is 33.2 Å². The van der Waals surface area contributed by atoms with Crippen molar-refractivity contribution in [1.29, 1.82) is 0 Å². The highest BCUT2D eigenvalue weighted by molar-refractivity contribution is 6.44. The molecule has 0 aliphatic carbocycles. The van der Waals surface area contributed by atoms with E-state index in [9.17, 15) is 4.79 Å². The van der Waals surface area contributed by atoms with Crippen LogP contribution in [0.3, 0.4) is 0 Å². The molecular weight excluding hydrogens is 380 g/mol. The molecule has 3 rings (SSSR count). The summed E-state index contributed by atoms with van der Waals surface area (Å²) >= 11 is 17.9. The SMILES string of the molecule is Cl.O=C(CN1CCC2CNCC2C1)Nc1cc(Cl)c(Cl)cc1Cl. The second-order valence-corrected chi connectivity index (χ2v) is 7.22. The molecule has 128 valence electrons. The number of amides is 1. The summed E-state index contributed by atoms with van der Waals surface area (Å²) in [5.74, 6) is 1.35. The Balaban J connectivity index is 0.00000192. The minimum absolute atomic E-state index is 0. The van der Waals surface area contributed by atoms with E-state index in [4.69, 9.17) is 34.8 Å². The van der Waals surface area contributed by atoms with E-state index < -0.39 is 0 Å². The molecule has 1 aromatic carbocycles. The van der Waals surface area contributed by atoms with E-state index in [2.05, 4.69) is 15.5 Å². The summed E-state index contributed by atoms with van der Waals surface area (Å²) < 4.78 is 0. The Morgan fingerprint density at radius 2 is 1.87 bits per heavy atom. The number of halogens is 4. The number of piperidine rings is 1. The normalized spacial score (nSPS) is 24.0. The predicted octanol–water partition coefficient (Wildman–Crippen LogP) is 3.55. The maximum atomic E-state index is 12.2. The molecule has 4 nitrogen and oxygen atoms in total. The number of likely N-dealkylation sites (tertiary alicyclic amines) is 1. The lowest BCUT2D eigenvalue weighted by Crippen LogP contribution is -2.43. The van der Waals surface area contributed by atoms with Crippen molar-refractivity contribution in [2.75, 3.05) is 38.0 Å². The molecule has 0 saturated carbocycles. The molecule has 2 fully saturated rings. The number of rotatable bonds is 3. The Bertz CT molecular complexity index is 584. The molecule has 1 aromatic rings. The quantitative estimate of drug-likeness (QED) is 0.765. The van der Waals surface area contributed by atoms with Gasteiger partial charge in [-0.2, -0.15) is 0 Å². The molecule has 2 unspecified atom stereocenters. The largest absolute Gasteiger partial charge is 0.324 e. The van der Waals surface area contributed by atoms with E-state index in [1.54, 1.807) is 6.07 Å². The number of anilines is 1. The molecule has 23 heavy (non-hydrogen) atoms. The van der Waals surface area contributed by atoms with Gasteiger partial charge in [-0.3, -0.25) is 9.69 Å². The van der Waals surface area contributed by atoms with E-state index in [1.807, 2.05) is 0 Å². The zero-order chi connectivity index (χ0) is 15.7. The number of nitrogens with one attached hydrogen (secondary N) is 2. The third-order valence-electron chi connectivity index (χ3n) is 4.44. The third kappa shape index (κ3) is 4.65. The van der Waals surface area contributed by atoms with Crippen molar-refractivity contribution >= 4 is 58.8 Å². The molecule has 2 heterocycles. The average molecular weight is 399 g/mol. The van der Waals surface area contributed by atoms with Crippen molar-refractivity contribution in [2.24, 2.45) is 11.8 Å². The molecule has 0 radical (unpaired) electrons. The minimum atomic E-state index is -0.0790. The molecule has 2 saturated heterocycles. The summed E-state index contributed by atoms with van der Waals surface area (Å²) in [6.07, 6.45) is 1.15. The van der Waals surface area contributed by atoms with Gasteiger partial charge in [0.25, 0.3) is 0 Å². The zero-order valence-electron chi connectivity index (χ0n) is 12.4. The Morgan fingerprint density at radius 1 is 1.17 bits per heavy atom. The van der Waals surface area contributed by atoms with Crippen molar-refractivity contribution < 1.29 is 4.79 Å². The number of hydrogen-bond acceptors (Lipinski definition) is 3. The highest BCUT2D eigenvalue weighted by atomic mass is 35.5. The first-order valence-corrected chi connectivity index (χ1v) is 8.54. The maximum Gasteiger partial charge on any atom is 0.238 e. The van der Waals surface area contributed by atoms with Gasteiger partial charge in [0.05, 0.1) is 27.3 Å². The van der Waals surface area contributed by atoms with Crippen LogP contribution in [0.2, 0.25) is 15.1 Å². The molecule has 2 aliphatic heterocycles. The fraction of sp³-hybridized carbons (Fsp3) is 0.533. The van der Waals surface area contributed by atoms with Gasteiger partial charge in [0.1, 0.15) is 0 Å². The van der Waals surface area contributed by atoms with E-state index in [1.165, 1.54) is 6.07 Å². The van der Waals surface area contributed by atoms with E-state index >= 15 is 0 Å². The van der Waals surface area contributed by atoms with Crippen molar-refractivity contribution in [2.45, 2.75) is 6.42 Å². The lowest BCUT2D eigenvalue weighted by Gasteiger charge is -2.33. The van der Waals surface area contributed by atoms with Gasteiger partial charge < -0.3 is 10.6 Å². The third-order valence-corrected chi connectivity index (χ3v) is 5.47. The molecule has 0 aromatic heterocycles. The van der Waals surface area contributed by atoms with Crippen LogP contribution in [-0.4, -0.2) is 43.5 Å². The topological polar surface area (TPSA) is 44.4 Å². The highest BCUT2D eigenvalue weighted by Gasteiger charge is 2.33. The first kappa shape index (κ1) is 19.1. The zero-order valence-corrected chi connectivity index (χ0v) is 15.5. The van der Waals surface area contributed by atoms with Gasteiger partial charge in [-0.25, -0.2) is 0 Å². The number of fused-ring (bicyclic) bond motifs is 1. The Morgan fingerprint density at radius 3 is 2.65 bits per heavy atom. The second-order valence-electron chi connectivity index (χ2n) is 6.00. The summed E-state index contributed by atoms with van der Waals surface area (Å²) in [5.41, 5.74) is 0.499. The van der Waals surface area contributed by atoms with Crippen molar-refractivity contribution in [3.63, 3.8) is 0 Å². The van der Waals surface area contributed by atoms with Crippen LogP contribution in [0.5, 0.6) is 0 Å². The molecule has 2 N–H and O–H groups in total. The predicted molar refractivity (Wildman–Crippen MR) is 98.3 cm³/mol. The standard InChI is InChI=1S/C15H18Cl3N3O.ClH/c16-11-3-13(18)14(4-12(11)17)20-15(22)8-21-2-1-9-5-19-6-10(9)7-21;/h3-4,9-10,19H,1-2,5-8H2,(H,20,22);1H. The Hall–Kier alpha value is -0.230. The van der Waals surface area contributed by atoms with Crippen LogP contribution in [0.4, 0.5) is 5.69 Å². The van der Waals surface area contributed by atoms with Crippen LogP contribution in [0.25, 0.3) is 0 Å². The van der Waals surface area contributed by atoms with Gasteiger partial charge in [0, 0.05) is 6.54 Å². The summed E-state index contributed by atoms with van der Waals surface area (Å²) in [6.45, 7) is 4.48. The van der Waals surface area contributed by atoms with Crippen LogP contribution in [0.15, 0.2) is 12.1 Å². The lowest BCUT2D eigenvalue weighted by atomic mass is 9.89. The van der Waals surface area contributed by atoms with Crippen LogP contribution >= 0.6 is 47.2 Å². The van der Waals surface area contributed by atoms with Crippen LogP contribution in [-0.2, 0) is 4.79 Å². The summed E-state index contributed by atoms with van der Waals surface area (Å²) in [7, 11) is 0. The van der Waals surface area contributed by atoms with Crippen molar-refractivity contribution in [1.82, 2.24) is 10.2 Å². The van der Waals surface area contributed by atoms with Gasteiger partial charge >= 0.3 is 0 Å². The van der Waals surface area contributed by atoms with Crippen molar-refractivity contribution in [3.8, 4) is 0 Å². The highest BCUT2D eigenvalue weighted by Crippen LogP contribution is 2.32. The van der Waals surface area contributed by atoms with Gasteiger partial charge in [0.2, 0.25) is 5.91 Å². The molecule has 1 amide bonds. The molecule has 0 bridgehead atoms. The average Bonchev–Trinajstić information content (AvgIpc) is 2.92. The summed E-state index contributed by atoms with van der Waals surface area (Å²) in [5, 5.41) is 7.38. The van der Waals surface area contributed by atoms with Crippen LogP contribution in [0, 0.1) is 11.8 Å². The number of hydrogen-bond donors (Lipinski definition) is 2. The summed E-state index contributed by atoms with van der Waals surface area (Å²) in [6, 6.07) is 3.12. The second kappa shape index (κ2) is 8.24. The van der Waals surface area contributed by atoms with Crippen LogP contribution in [0.1, 0.15) is 6.42 Å². The van der Waals surface area contributed by atoms with Crippen LogP contribution < -0.4 is 10.6 Å². The number of carbonyl (C=O) groups excluding carboxylic acids is 1. The first-order valence-electron chi connectivity index (χ1n) is 7.40. The fourth-order valence-corrected chi connectivity index (χ4v) is 3.86. The number of nitrogens with zero attached hydrogens (tertiary/aromatic N) is 1. The number of benzene rings is 1. The van der Waals surface area contributed by atoms with Gasteiger partial charge in [-0.15, -0.1) is 12.4 Å². The molecule has 2 aliphatic rings. The molecule has 8 heteroatoms. The molecule has 2 atom stereocenters. The lowest BCUT2D eigenvalue weighted by molar-refractivity contribution is -0.117. The minimum Gasteiger partial charge on any atom is -0.324 e. The van der Waals surface area contributed by atoms with Gasteiger partial charge in [0.15, 0.2) is 0 Å². The van der Waals surface area contributed by atoms with E-state index in [0.717, 1.165) is 38.5 Å². The Labute approximate surface area is 157 Å². The monoisotopic (exact) mass is 397 g/mol. The smallest absolute Gasteiger partial charge is 0.238 e. The van der Waals surface area contributed by atoms with Gasteiger partial charge in [-0.05, 0) is 50.0 Å². The fourth-order valence-electron chi connectivity index (χ4n) is 3.26. The number of carbonyl (C=O) groups is 1. The maximum absolute atomic E-state index is 12.2.